The lowest BCUT2D eigenvalue weighted by Crippen LogP contribution is -2.12. The summed E-state index contributed by atoms with van der Waals surface area (Å²) in [5, 5.41) is 3.91. The highest BCUT2D eigenvalue weighted by Crippen LogP contribution is 2.31. The van der Waals surface area contributed by atoms with Crippen LogP contribution in [0.5, 0.6) is 5.75 Å². The minimum atomic E-state index is 0.240. The molecule has 0 aromatic heterocycles. The number of nitrogens with one attached hydrogen (secondary N) is 1. The maximum Gasteiger partial charge on any atom is 0.120 e. The molecule has 15 heavy (non-hydrogen) atoms. The zero-order valence-corrected chi connectivity index (χ0v) is 10.0. The molecule has 0 bridgehead atoms. The smallest absolute Gasteiger partial charge is 0.120 e. The third-order valence-corrected chi connectivity index (χ3v) is 3.46. The molecule has 0 saturated carbocycles. The summed E-state index contributed by atoms with van der Waals surface area (Å²) < 4.78 is 5.68. The van der Waals surface area contributed by atoms with E-state index in [9.17, 15) is 0 Å². The minimum Gasteiger partial charge on any atom is -0.491 e. The van der Waals surface area contributed by atoms with E-state index in [0.29, 0.717) is 5.37 Å². The Kier molecular flexibility index (Phi) is 3.54. The third-order valence-electron chi connectivity index (χ3n) is 2.25. The molecule has 1 aromatic rings. The lowest BCUT2D eigenvalue weighted by Gasteiger charge is -2.13. The first kappa shape index (κ1) is 10.8. The fourth-order valence-electron chi connectivity index (χ4n) is 1.66. The van der Waals surface area contributed by atoms with Gasteiger partial charge in [-0.05, 0) is 31.5 Å². The minimum absolute atomic E-state index is 0.240. The van der Waals surface area contributed by atoms with Crippen molar-refractivity contribution >= 4 is 11.8 Å². The maximum atomic E-state index is 5.68. The first-order valence-electron chi connectivity index (χ1n) is 5.37. The van der Waals surface area contributed by atoms with Gasteiger partial charge in [0.1, 0.15) is 5.75 Å². The molecule has 0 spiro atoms. The summed E-state index contributed by atoms with van der Waals surface area (Å²) in [4.78, 5) is 0. The van der Waals surface area contributed by atoms with E-state index >= 15 is 0 Å². The van der Waals surface area contributed by atoms with Crippen LogP contribution in [0.1, 0.15) is 24.8 Å². The Morgan fingerprint density at radius 1 is 1.47 bits per heavy atom. The van der Waals surface area contributed by atoms with Gasteiger partial charge in [0.15, 0.2) is 0 Å². The zero-order chi connectivity index (χ0) is 10.7. The van der Waals surface area contributed by atoms with Crippen LogP contribution >= 0.6 is 11.8 Å². The molecule has 1 unspecified atom stereocenters. The largest absolute Gasteiger partial charge is 0.491 e. The van der Waals surface area contributed by atoms with Crippen LogP contribution in [0.4, 0.5) is 0 Å². The molecule has 1 N–H and O–H groups in total. The molecule has 1 atom stereocenters. The van der Waals surface area contributed by atoms with Crippen molar-refractivity contribution in [2.24, 2.45) is 0 Å². The average Bonchev–Trinajstić information content (AvgIpc) is 2.69. The highest BCUT2D eigenvalue weighted by atomic mass is 32.2. The van der Waals surface area contributed by atoms with E-state index in [2.05, 4.69) is 37.4 Å². The van der Waals surface area contributed by atoms with Crippen molar-refractivity contribution in [2.45, 2.75) is 25.3 Å². The van der Waals surface area contributed by atoms with Gasteiger partial charge in [0.05, 0.1) is 11.5 Å². The van der Waals surface area contributed by atoms with E-state index in [1.54, 1.807) is 0 Å². The van der Waals surface area contributed by atoms with Gasteiger partial charge in [0.2, 0.25) is 0 Å². The number of thioether (sulfide) groups is 1. The number of benzene rings is 1. The number of ether oxygens (including phenoxy) is 1. The molecule has 1 aliphatic heterocycles. The highest BCUT2D eigenvalue weighted by Gasteiger charge is 2.16. The predicted molar refractivity (Wildman–Crippen MR) is 65.4 cm³/mol. The number of rotatable bonds is 3. The summed E-state index contributed by atoms with van der Waals surface area (Å²) in [6.45, 7) is 5.20. The van der Waals surface area contributed by atoms with Crippen LogP contribution in [-0.2, 0) is 0 Å². The van der Waals surface area contributed by atoms with Gasteiger partial charge in [-0.25, -0.2) is 0 Å². The van der Waals surface area contributed by atoms with Gasteiger partial charge >= 0.3 is 0 Å². The van der Waals surface area contributed by atoms with E-state index in [0.717, 1.165) is 12.3 Å². The monoisotopic (exact) mass is 223 g/mol. The van der Waals surface area contributed by atoms with E-state index in [-0.39, 0.29) is 6.10 Å². The molecule has 0 aliphatic carbocycles. The van der Waals surface area contributed by atoms with Crippen LogP contribution in [0, 0.1) is 0 Å². The molecule has 1 fully saturated rings. The molecule has 2 rings (SSSR count). The van der Waals surface area contributed by atoms with Gasteiger partial charge in [0, 0.05) is 12.3 Å². The summed E-state index contributed by atoms with van der Waals surface area (Å²) >= 11 is 1.96. The van der Waals surface area contributed by atoms with Gasteiger partial charge in [-0.2, -0.15) is 0 Å². The summed E-state index contributed by atoms with van der Waals surface area (Å²) in [7, 11) is 0. The standard InChI is InChI=1S/C12H17NOS/c1-9(2)14-11-5-3-4-10(8-11)12-13-6-7-15-12/h3-5,8-9,12-13H,6-7H2,1-2H3. The molecular formula is C12H17NOS. The van der Waals surface area contributed by atoms with Crippen molar-refractivity contribution < 1.29 is 4.74 Å². The van der Waals surface area contributed by atoms with Crippen LogP contribution in [0.25, 0.3) is 0 Å². The Morgan fingerprint density at radius 3 is 3.00 bits per heavy atom. The van der Waals surface area contributed by atoms with Gasteiger partial charge in [-0.15, -0.1) is 11.8 Å². The van der Waals surface area contributed by atoms with Crippen LogP contribution in [0.15, 0.2) is 24.3 Å². The second-order valence-corrected chi connectivity index (χ2v) is 5.16. The van der Waals surface area contributed by atoms with Crippen molar-refractivity contribution in [3.8, 4) is 5.75 Å². The Balaban J connectivity index is 2.11. The predicted octanol–water partition coefficient (Wildman–Crippen LogP) is 2.81. The van der Waals surface area contributed by atoms with Gasteiger partial charge in [-0.1, -0.05) is 12.1 Å². The number of hydrogen-bond acceptors (Lipinski definition) is 3. The lowest BCUT2D eigenvalue weighted by molar-refractivity contribution is 0.242. The van der Waals surface area contributed by atoms with E-state index in [1.807, 2.05) is 17.8 Å². The van der Waals surface area contributed by atoms with Gasteiger partial charge < -0.3 is 10.1 Å². The molecule has 1 heterocycles. The Bertz CT molecular complexity index is 321. The molecule has 2 nitrogen and oxygen atoms in total. The van der Waals surface area contributed by atoms with E-state index in [1.165, 1.54) is 11.3 Å². The Labute approximate surface area is 95.4 Å². The van der Waals surface area contributed by atoms with Crippen molar-refractivity contribution in [2.75, 3.05) is 12.3 Å². The molecule has 0 amide bonds. The highest BCUT2D eigenvalue weighted by molar-refractivity contribution is 7.99. The van der Waals surface area contributed by atoms with E-state index in [4.69, 9.17) is 4.74 Å². The molecule has 1 aromatic carbocycles. The quantitative estimate of drug-likeness (QED) is 0.851. The molecule has 82 valence electrons. The van der Waals surface area contributed by atoms with Crippen LogP contribution in [-0.4, -0.2) is 18.4 Å². The normalized spacial score (nSPS) is 20.9. The summed E-state index contributed by atoms with van der Waals surface area (Å²) in [5.41, 5.74) is 1.32. The lowest BCUT2D eigenvalue weighted by atomic mass is 10.2. The second kappa shape index (κ2) is 4.90. The average molecular weight is 223 g/mol. The summed E-state index contributed by atoms with van der Waals surface area (Å²) in [5.74, 6) is 2.16. The molecular weight excluding hydrogens is 206 g/mol. The van der Waals surface area contributed by atoms with Crippen LogP contribution in [0.3, 0.4) is 0 Å². The molecule has 0 radical (unpaired) electrons. The van der Waals surface area contributed by atoms with Crippen LogP contribution < -0.4 is 10.1 Å². The molecule has 3 heteroatoms. The second-order valence-electron chi connectivity index (χ2n) is 3.94. The topological polar surface area (TPSA) is 21.3 Å². The SMILES string of the molecule is CC(C)Oc1cccc(C2NCCS2)c1. The Morgan fingerprint density at radius 2 is 2.33 bits per heavy atom. The number of hydrogen-bond donors (Lipinski definition) is 1. The van der Waals surface area contributed by atoms with Crippen molar-refractivity contribution in [1.29, 1.82) is 0 Å². The van der Waals surface area contributed by atoms with Gasteiger partial charge in [-0.3, -0.25) is 0 Å². The fourth-order valence-corrected chi connectivity index (χ4v) is 2.71. The molecule has 1 aliphatic rings. The summed E-state index contributed by atoms with van der Waals surface area (Å²) in [6.07, 6.45) is 0.240. The van der Waals surface area contributed by atoms with Crippen LogP contribution in [0.2, 0.25) is 0 Å². The van der Waals surface area contributed by atoms with Crippen molar-refractivity contribution in [1.82, 2.24) is 5.32 Å². The first-order chi connectivity index (χ1) is 7.25. The van der Waals surface area contributed by atoms with Crippen molar-refractivity contribution in [3.05, 3.63) is 29.8 Å². The van der Waals surface area contributed by atoms with Crippen molar-refractivity contribution in [3.63, 3.8) is 0 Å². The third kappa shape index (κ3) is 2.89. The molecule has 1 saturated heterocycles. The van der Waals surface area contributed by atoms with E-state index < -0.39 is 0 Å². The summed E-state index contributed by atoms with van der Waals surface area (Å²) in [6, 6.07) is 8.37. The van der Waals surface area contributed by atoms with Gasteiger partial charge in [0.25, 0.3) is 0 Å². The maximum absolute atomic E-state index is 5.68. The first-order valence-corrected chi connectivity index (χ1v) is 6.42. The Hall–Kier alpha value is -0.670. The zero-order valence-electron chi connectivity index (χ0n) is 9.19. The fraction of sp³-hybridized carbons (Fsp3) is 0.500.